The molecule has 1 aromatic carbocycles. The number of hydrogen-bond donors (Lipinski definition) is 1. The van der Waals surface area contributed by atoms with Gasteiger partial charge in [0, 0.05) is 6.42 Å². The van der Waals surface area contributed by atoms with Gasteiger partial charge in [0.25, 0.3) is 0 Å². The van der Waals surface area contributed by atoms with E-state index in [-0.39, 0.29) is 6.42 Å². The zero-order valence-corrected chi connectivity index (χ0v) is 10.0. The number of aliphatic carboxylic acids is 1. The molecule has 1 N–H and O–H groups in total. The van der Waals surface area contributed by atoms with Crippen LogP contribution >= 0.6 is 23.2 Å². The van der Waals surface area contributed by atoms with Crippen molar-refractivity contribution in [2.45, 2.75) is 16.2 Å². The van der Waals surface area contributed by atoms with E-state index in [1.54, 1.807) is 24.3 Å². The number of hydrogen-bond acceptors (Lipinski definition) is 2. The highest BCUT2D eigenvalue weighted by molar-refractivity contribution is 6.54. The molecule has 1 saturated carbocycles. The quantitative estimate of drug-likeness (QED) is 0.850. The molecule has 5 heteroatoms. The minimum absolute atomic E-state index is 0.214. The first-order chi connectivity index (χ1) is 7.44. The molecule has 0 radical (unpaired) electrons. The molecule has 1 aliphatic carbocycles. The third-order valence-corrected chi connectivity index (χ3v) is 3.83. The van der Waals surface area contributed by atoms with Crippen LogP contribution in [-0.2, 0) is 10.2 Å². The van der Waals surface area contributed by atoms with Crippen LogP contribution in [0.5, 0.6) is 5.75 Å². The third-order valence-electron chi connectivity index (χ3n) is 2.91. The van der Waals surface area contributed by atoms with Crippen molar-refractivity contribution in [2.75, 3.05) is 7.11 Å². The van der Waals surface area contributed by atoms with Gasteiger partial charge in [-0.1, -0.05) is 35.3 Å². The van der Waals surface area contributed by atoms with Crippen LogP contribution in [0.4, 0.5) is 0 Å². The molecule has 1 atom stereocenters. The first kappa shape index (κ1) is 11.6. The minimum atomic E-state index is -1.23. The Kier molecular flexibility index (Phi) is 2.55. The standard InChI is InChI=1S/C11H10Cl2O3/c1-16-8-4-2-3-7(5-8)10(9(14)15)6-11(10,12)13/h2-5H,6H2,1H3,(H,14,15). The van der Waals surface area contributed by atoms with Crippen LogP contribution in [0.2, 0.25) is 0 Å². The molecule has 1 aromatic rings. The summed E-state index contributed by atoms with van der Waals surface area (Å²) in [5.41, 5.74) is -0.630. The number of halogens is 2. The fourth-order valence-corrected chi connectivity index (χ4v) is 2.63. The van der Waals surface area contributed by atoms with Crippen molar-refractivity contribution < 1.29 is 14.6 Å². The second-order valence-electron chi connectivity index (χ2n) is 3.82. The maximum absolute atomic E-state index is 11.3. The lowest BCUT2D eigenvalue weighted by Crippen LogP contribution is -2.26. The summed E-state index contributed by atoms with van der Waals surface area (Å²) in [7, 11) is 1.52. The monoisotopic (exact) mass is 260 g/mol. The van der Waals surface area contributed by atoms with Crippen molar-refractivity contribution in [1.82, 2.24) is 0 Å². The lowest BCUT2D eigenvalue weighted by atomic mass is 9.96. The molecule has 0 heterocycles. The number of alkyl halides is 2. The van der Waals surface area contributed by atoms with E-state index in [1.165, 1.54) is 7.11 Å². The summed E-state index contributed by atoms with van der Waals surface area (Å²) in [6.07, 6.45) is 0.214. The van der Waals surface area contributed by atoms with E-state index in [1.807, 2.05) is 0 Å². The smallest absolute Gasteiger partial charge is 0.317 e. The Hall–Kier alpha value is -0.930. The average Bonchev–Trinajstić information content (AvgIpc) is 2.83. The molecule has 1 fully saturated rings. The molecule has 0 bridgehead atoms. The van der Waals surface area contributed by atoms with Crippen LogP contribution in [0.15, 0.2) is 24.3 Å². The van der Waals surface area contributed by atoms with Gasteiger partial charge in [-0.25, -0.2) is 0 Å². The SMILES string of the molecule is COc1cccc(C2(C(=O)O)CC2(Cl)Cl)c1. The van der Waals surface area contributed by atoms with Gasteiger partial charge in [0.05, 0.1) is 7.11 Å². The first-order valence-corrected chi connectivity index (χ1v) is 5.45. The summed E-state index contributed by atoms with van der Waals surface area (Å²) in [5, 5.41) is 9.25. The van der Waals surface area contributed by atoms with Gasteiger partial charge in [0.2, 0.25) is 0 Å². The van der Waals surface area contributed by atoms with Crippen LogP contribution in [0.3, 0.4) is 0 Å². The molecule has 0 aromatic heterocycles. The fourth-order valence-electron chi connectivity index (χ4n) is 1.85. The molecule has 86 valence electrons. The Labute approximate surface area is 103 Å². The summed E-state index contributed by atoms with van der Waals surface area (Å²) >= 11 is 11.9. The Morgan fingerprint density at radius 2 is 2.12 bits per heavy atom. The lowest BCUT2D eigenvalue weighted by molar-refractivity contribution is -0.140. The number of carboxylic acid groups (broad SMARTS) is 1. The molecule has 1 aliphatic rings. The van der Waals surface area contributed by atoms with Crippen molar-refractivity contribution in [3.63, 3.8) is 0 Å². The molecule has 0 spiro atoms. The summed E-state index contributed by atoms with van der Waals surface area (Å²) in [5.74, 6) is -0.417. The Balaban J connectivity index is 2.47. The van der Waals surface area contributed by atoms with Gasteiger partial charge in [-0.2, -0.15) is 0 Å². The second-order valence-corrected chi connectivity index (χ2v) is 5.31. The first-order valence-electron chi connectivity index (χ1n) is 4.70. The van der Waals surface area contributed by atoms with Crippen LogP contribution < -0.4 is 4.74 Å². The Morgan fingerprint density at radius 1 is 1.50 bits per heavy atom. The molecule has 16 heavy (non-hydrogen) atoms. The highest BCUT2D eigenvalue weighted by Gasteiger charge is 2.72. The third kappa shape index (κ3) is 1.46. The zero-order valence-electron chi connectivity index (χ0n) is 8.54. The van der Waals surface area contributed by atoms with Gasteiger partial charge < -0.3 is 9.84 Å². The van der Waals surface area contributed by atoms with E-state index in [9.17, 15) is 9.90 Å². The number of benzene rings is 1. The molecule has 0 amide bonds. The topological polar surface area (TPSA) is 46.5 Å². The maximum Gasteiger partial charge on any atom is 0.317 e. The summed E-state index contributed by atoms with van der Waals surface area (Å²) < 4.78 is 3.82. The lowest BCUT2D eigenvalue weighted by Gasteiger charge is -2.14. The highest BCUT2D eigenvalue weighted by Crippen LogP contribution is 2.65. The van der Waals surface area contributed by atoms with E-state index in [4.69, 9.17) is 27.9 Å². The second kappa shape index (κ2) is 3.54. The fraction of sp³-hybridized carbons (Fsp3) is 0.364. The van der Waals surface area contributed by atoms with Crippen LogP contribution in [0.1, 0.15) is 12.0 Å². The van der Waals surface area contributed by atoms with Crippen molar-refractivity contribution in [2.24, 2.45) is 0 Å². The largest absolute Gasteiger partial charge is 0.497 e. The van der Waals surface area contributed by atoms with Crippen LogP contribution in [-0.4, -0.2) is 22.5 Å². The number of ether oxygens (including phenoxy) is 1. The minimum Gasteiger partial charge on any atom is -0.497 e. The number of rotatable bonds is 3. The molecular formula is C11H10Cl2O3. The molecular weight excluding hydrogens is 251 g/mol. The Morgan fingerprint density at radius 3 is 2.56 bits per heavy atom. The number of carboxylic acids is 1. The van der Waals surface area contributed by atoms with Crippen LogP contribution in [0, 0.1) is 0 Å². The van der Waals surface area contributed by atoms with E-state index < -0.39 is 15.7 Å². The number of carbonyl (C=O) groups is 1. The van der Waals surface area contributed by atoms with Crippen molar-refractivity contribution >= 4 is 29.2 Å². The van der Waals surface area contributed by atoms with Gasteiger partial charge in [0.15, 0.2) is 0 Å². The van der Waals surface area contributed by atoms with Crippen molar-refractivity contribution in [3.8, 4) is 5.75 Å². The molecule has 0 aliphatic heterocycles. The van der Waals surface area contributed by atoms with Gasteiger partial charge in [-0.3, -0.25) is 4.79 Å². The summed E-state index contributed by atoms with van der Waals surface area (Å²) in [4.78, 5) is 11.3. The van der Waals surface area contributed by atoms with Crippen molar-refractivity contribution in [3.05, 3.63) is 29.8 Å². The number of methoxy groups -OCH3 is 1. The predicted molar refractivity (Wildman–Crippen MR) is 61.4 cm³/mol. The predicted octanol–water partition coefficient (Wildman–Crippen LogP) is 2.60. The molecule has 1 unspecified atom stereocenters. The van der Waals surface area contributed by atoms with Crippen LogP contribution in [0.25, 0.3) is 0 Å². The van der Waals surface area contributed by atoms with E-state index in [0.29, 0.717) is 11.3 Å². The molecule has 0 saturated heterocycles. The van der Waals surface area contributed by atoms with Gasteiger partial charge >= 0.3 is 5.97 Å². The summed E-state index contributed by atoms with van der Waals surface area (Å²) in [6.45, 7) is 0. The zero-order chi connectivity index (χ0) is 12.0. The Bertz CT molecular complexity index is 445. The highest BCUT2D eigenvalue weighted by atomic mass is 35.5. The van der Waals surface area contributed by atoms with E-state index in [0.717, 1.165) is 0 Å². The molecule has 3 nitrogen and oxygen atoms in total. The normalized spacial score (nSPS) is 26.2. The van der Waals surface area contributed by atoms with Crippen molar-refractivity contribution in [1.29, 1.82) is 0 Å². The van der Waals surface area contributed by atoms with E-state index >= 15 is 0 Å². The average molecular weight is 261 g/mol. The molecule has 2 rings (SSSR count). The van der Waals surface area contributed by atoms with E-state index in [2.05, 4.69) is 0 Å². The van der Waals surface area contributed by atoms with Gasteiger partial charge in [-0.15, -0.1) is 0 Å². The van der Waals surface area contributed by atoms with Gasteiger partial charge in [-0.05, 0) is 17.7 Å². The summed E-state index contributed by atoms with van der Waals surface area (Å²) in [6, 6.07) is 6.82. The van der Waals surface area contributed by atoms with Gasteiger partial charge in [0.1, 0.15) is 15.5 Å². The maximum atomic E-state index is 11.3.